The van der Waals surface area contributed by atoms with Crippen LogP contribution in [0.25, 0.3) is 0 Å². The van der Waals surface area contributed by atoms with Gasteiger partial charge >= 0.3 is 5.97 Å². The maximum atomic E-state index is 11.8. The topological polar surface area (TPSA) is 26.3 Å². The summed E-state index contributed by atoms with van der Waals surface area (Å²) in [7, 11) is 0. The van der Waals surface area contributed by atoms with E-state index in [0.29, 0.717) is 11.8 Å². The van der Waals surface area contributed by atoms with Crippen molar-refractivity contribution < 1.29 is 9.53 Å². The van der Waals surface area contributed by atoms with Crippen molar-refractivity contribution in [1.82, 2.24) is 0 Å². The minimum atomic E-state index is -0.177. The van der Waals surface area contributed by atoms with Gasteiger partial charge in [-0.25, -0.2) is 4.79 Å². The molecule has 4 bridgehead atoms. The molecule has 0 unspecified atom stereocenters. The van der Waals surface area contributed by atoms with Crippen LogP contribution in [0.5, 0.6) is 0 Å². The van der Waals surface area contributed by atoms with Gasteiger partial charge in [-0.05, 0) is 55.8 Å². The molecule has 92 valence electrons. The van der Waals surface area contributed by atoms with Gasteiger partial charge in [-0.15, -0.1) is 0 Å². The average Bonchev–Trinajstić information content (AvgIpc) is 2.24. The molecule has 0 aromatic rings. The first-order valence-electron chi connectivity index (χ1n) is 6.76. The largest absolute Gasteiger partial charge is 0.444 e. The van der Waals surface area contributed by atoms with Gasteiger partial charge in [-0.2, -0.15) is 0 Å². The minimum absolute atomic E-state index is 0.103. The van der Waals surface area contributed by atoms with E-state index < -0.39 is 0 Å². The Labute approximate surface area is 106 Å². The molecule has 0 atom stereocenters. The summed E-state index contributed by atoms with van der Waals surface area (Å²) in [6.07, 6.45) is 8.26. The molecule has 4 fully saturated rings. The maximum absolute atomic E-state index is 11.8. The first-order valence-corrected chi connectivity index (χ1v) is 7.57. The van der Waals surface area contributed by atoms with Gasteiger partial charge in [0.15, 0.2) is 4.93 Å². The van der Waals surface area contributed by atoms with Gasteiger partial charge in [0.2, 0.25) is 0 Å². The van der Waals surface area contributed by atoms with Crippen molar-refractivity contribution >= 4 is 17.7 Å². The molecule has 4 aliphatic carbocycles. The summed E-state index contributed by atoms with van der Waals surface area (Å²) in [5, 5.41) is 0. The van der Waals surface area contributed by atoms with E-state index in [1.807, 2.05) is 11.8 Å². The Bertz CT molecular complexity index is 384. The third-order valence-electron chi connectivity index (χ3n) is 5.18. The molecule has 0 saturated heterocycles. The van der Waals surface area contributed by atoms with Crippen LogP contribution in [-0.4, -0.2) is 10.9 Å². The summed E-state index contributed by atoms with van der Waals surface area (Å²) in [5.41, 5.74) is 0. The van der Waals surface area contributed by atoms with Crippen LogP contribution in [0.3, 0.4) is 0 Å². The fraction of sp³-hybridized carbons (Fsp3) is 0.786. The van der Waals surface area contributed by atoms with Crippen LogP contribution < -0.4 is 0 Å². The number of ether oxygens (including phenoxy) is 1. The van der Waals surface area contributed by atoms with Gasteiger partial charge in [-0.3, -0.25) is 0 Å². The summed E-state index contributed by atoms with van der Waals surface area (Å²) >= 11 is 1.85. The maximum Gasteiger partial charge on any atom is 0.332 e. The van der Waals surface area contributed by atoms with E-state index in [2.05, 4.69) is 6.92 Å². The number of allylic oxidation sites excluding steroid dienone is 1. The Morgan fingerprint density at radius 1 is 1.18 bits per heavy atom. The van der Waals surface area contributed by atoms with Crippen molar-refractivity contribution in [2.45, 2.75) is 44.0 Å². The van der Waals surface area contributed by atoms with Crippen molar-refractivity contribution in [3.8, 4) is 0 Å². The number of hydrogen-bond donors (Lipinski definition) is 0. The molecule has 0 aromatic carbocycles. The van der Waals surface area contributed by atoms with Crippen molar-refractivity contribution in [3.63, 3.8) is 0 Å². The molecule has 0 amide bonds. The normalized spacial score (nSPS) is 51.6. The van der Waals surface area contributed by atoms with E-state index in [9.17, 15) is 4.79 Å². The molecule has 5 aliphatic rings. The molecule has 0 N–H and O–H groups in total. The highest BCUT2D eigenvalue weighted by Gasteiger charge is 2.60. The van der Waals surface area contributed by atoms with Gasteiger partial charge in [0.1, 0.15) is 0 Å². The van der Waals surface area contributed by atoms with E-state index in [1.165, 1.54) is 32.1 Å². The SMILES string of the molecule is CC1=CC(=O)OC2(S1)C1CC3CC(C1)CC2C3. The van der Waals surface area contributed by atoms with Gasteiger partial charge in [0.25, 0.3) is 0 Å². The number of esters is 1. The molecular formula is C14H18O2S. The lowest BCUT2D eigenvalue weighted by molar-refractivity contribution is -0.175. The molecule has 0 radical (unpaired) electrons. The molecule has 0 aromatic heterocycles. The zero-order valence-corrected chi connectivity index (χ0v) is 11.0. The lowest BCUT2D eigenvalue weighted by Crippen LogP contribution is -2.58. The molecule has 3 heteroatoms. The quantitative estimate of drug-likeness (QED) is 0.617. The predicted octanol–water partition coefficient (Wildman–Crippen LogP) is 3.33. The highest BCUT2D eigenvalue weighted by Crippen LogP contribution is 2.64. The second-order valence-electron chi connectivity index (χ2n) is 6.30. The van der Waals surface area contributed by atoms with Crippen LogP contribution in [0.4, 0.5) is 0 Å². The van der Waals surface area contributed by atoms with Crippen LogP contribution in [-0.2, 0) is 9.53 Å². The Hall–Kier alpha value is -0.440. The Morgan fingerprint density at radius 2 is 1.76 bits per heavy atom. The van der Waals surface area contributed by atoms with Crippen LogP contribution in [0.1, 0.15) is 39.0 Å². The van der Waals surface area contributed by atoms with Gasteiger partial charge < -0.3 is 4.74 Å². The van der Waals surface area contributed by atoms with Gasteiger partial charge in [-0.1, -0.05) is 11.8 Å². The summed E-state index contributed by atoms with van der Waals surface area (Å²) in [5.74, 6) is 2.99. The molecule has 1 spiro atoms. The predicted molar refractivity (Wildman–Crippen MR) is 67.2 cm³/mol. The molecular weight excluding hydrogens is 232 g/mol. The minimum Gasteiger partial charge on any atom is -0.444 e. The molecule has 1 aliphatic heterocycles. The highest BCUT2D eigenvalue weighted by molar-refractivity contribution is 8.04. The molecule has 1 heterocycles. The van der Waals surface area contributed by atoms with Crippen LogP contribution in [0, 0.1) is 23.7 Å². The summed E-state index contributed by atoms with van der Waals surface area (Å²) < 4.78 is 5.87. The number of thioether (sulfide) groups is 1. The Kier molecular flexibility index (Phi) is 2.04. The third kappa shape index (κ3) is 1.38. The van der Waals surface area contributed by atoms with E-state index in [1.54, 1.807) is 6.08 Å². The fourth-order valence-electron chi connectivity index (χ4n) is 4.83. The smallest absolute Gasteiger partial charge is 0.332 e. The second-order valence-corrected chi connectivity index (χ2v) is 7.79. The summed E-state index contributed by atoms with van der Waals surface area (Å²) in [6.45, 7) is 2.05. The third-order valence-corrected chi connectivity index (χ3v) is 6.69. The molecule has 5 rings (SSSR count). The Morgan fingerprint density at radius 3 is 2.29 bits per heavy atom. The zero-order chi connectivity index (χ0) is 11.6. The first kappa shape index (κ1) is 10.5. The lowest BCUT2D eigenvalue weighted by Gasteiger charge is -2.60. The zero-order valence-electron chi connectivity index (χ0n) is 10.1. The Balaban J connectivity index is 1.74. The number of hydrogen-bond acceptors (Lipinski definition) is 3. The van der Waals surface area contributed by atoms with E-state index >= 15 is 0 Å². The lowest BCUT2D eigenvalue weighted by atomic mass is 9.54. The average molecular weight is 250 g/mol. The summed E-state index contributed by atoms with van der Waals surface area (Å²) in [6, 6.07) is 0. The number of rotatable bonds is 0. The second kappa shape index (κ2) is 3.31. The van der Waals surface area contributed by atoms with Gasteiger partial charge in [0, 0.05) is 17.9 Å². The summed E-state index contributed by atoms with van der Waals surface area (Å²) in [4.78, 5) is 12.7. The van der Waals surface area contributed by atoms with E-state index in [-0.39, 0.29) is 10.9 Å². The van der Waals surface area contributed by atoms with Crippen molar-refractivity contribution in [2.24, 2.45) is 23.7 Å². The molecule has 17 heavy (non-hydrogen) atoms. The van der Waals surface area contributed by atoms with Crippen molar-refractivity contribution in [1.29, 1.82) is 0 Å². The van der Waals surface area contributed by atoms with E-state index in [0.717, 1.165) is 16.7 Å². The molecule has 4 saturated carbocycles. The monoisotopic (exact) mass is 250 g/mol. The van der Waals surface area contributed by atoms with Crippen LogP contribution in [0.15, 0.2) is 11.0 Å². The standard InChI is InChI=1S/C14H18O2S/c1-8-2-13(15)16-14(17-8)11-4-9-3-10(6-11)7-12(14)5-9/h2,9-12H,3-7H2,1H3. The number of carbonyl (C=O) groups excluding carboxylic acids is 1. The van der Waals surface area contributed by atoms with E-state index in [4.69, 9.17) is 4.74 Å². The fourth-order valence-corrected chi connectivity index (χ4v) is 6.33. The van der Waals surface area contributed by atoms with Gasteiger partial charge in [0.05, 0.1) is 0 Å². The van der Waals surface area contributed by atoms with Crippen molar-refractivity contribution in [2.75, 3.05) is 0 Å². The van der Waals surface area contributed by atoms with Crippen LogP contribution >= 0.6 is 11.8 Å². The number of carbonyl (C=O) groups is 1. The van der Waals surface area contributed by atoms with Crippen LogP contribution in [0.2, 0.25) is 0 Å². The first-order chi connectivity index (χ1) is 8.15. The van der Waals surface area contributed by atoms with Crippen molar-refractivity contribution in [3.05, 3.63) is 11.0 Å². The molecule has 2 nitrogen and oxygen atoms in total. The highest BCUT2D eigenvalue weighted by atomic mass is 32.2.